The lowest BCUT2D eigenvalue weighted by Gasteiger charge is -2.15. The van der Waals surface area contributed by atoms with E-state index in [9.17, 15) is 0 Å². The van der Waals surface area contributed by atoms with Crippen molar-refractivity contribution in [2.45, 2.75) is 26.3 Å². The first-order chi connectivity index (χ1) is 10.3. The predicted molar refractivity (Wildman–Crippen MR) is 83.4 cm³/mol. The minimum Gasteiger partial charge on any atom is -0.309 e. The Balaban J connectivity index is 1.93. The molecule has 5 nitrogen and oxygen atoms in total. The lowest BCUT2D eigenvalue weighted by Crippen LogP contribution is -2.21. The third kappa shape index (κ3) is 2.64. The quantitative estimate of drug-likeness (QED) is 0.781. The summed E-state index contributed by atoms with van der Waals surface area (Å²) >= 11 is 0. The maximum absolute atomic E-state index is 4.58. The van der Waals surface area contributed by atoms with Gasteiger partial charge in [0.05, 0.1) is 23.1 Å². The monoisotopic (exact) mass is 281 g/mol. The van der Waals surface area contributed by atoms with Crippen molar-refractivity contribution in [1.29, 1.82) is 0 Å². The summed E-state index contributed by atoms with van der Waals surface area (Å²) in [6.45, 7) is 5.21. The molecule has 0 aliphatic rings. The maximum atomic E-state index is 4.58. The second-order valence-corrected chi connectivity index (χ2v) is 4.95. The van der Waals surface area contributed by atoms with Gasteiger partial charge in [-0.1, -0.05) is 31.2 Å². The lowest BCUT2D eigenvalue weighted by atomic mass is 10.1. The van der Waals surface area contributed by atoms with E-state index in [1.165, 1.54) is 0 Å². The molecule has 108 valence electrons. The summed E-state index contributed by atoms with van der Waals surface area (Å²) in [5.74, 6) is 0. The summed E-state index contributed by atoms with van der Waals surface area (Å²) in [4.78, 5) is 4.58. The van der Waals surface area contributed by atoms with E-state index in [0.29, 0.717) is 6.04 Å². The molecular formula is C16H19N5. The van der Waals surface area contributed by atoms with Gasteiger partial charge in [-0.25, -0.2) is 4.68 Å². The molecule has 0 aliphatic carbocycles. The molecule has 2 aromatic heterocycles. The van der Waals surface area contributed by atoms with Gasteiger partial charge in [0.1, 0.15) is 5.52 Å². The van der Waals surface area contributed by atoms with E-state index in [1.54, 1.807) is 0 Å². The first kappa shape index (κ1) is 13.7. The zero-order chi connectivity index (χ0) is 14.7. The summed E-state index contributed by atoms with van der Waals surface area (Å²) in [5, 5.41) is 11.8. The number of hydrogen-bond donors (Lipinski definition) is 1. The summed E-state index contributed by atoms with van der Waals surface area (Å²) in [5.41, 5.74) is 3.87. The molecule has 1 N–H and O–H groups in total. The Hall–Kier alpha value is -2.27. The molecular weight excluding hydrogens is 262 g/mol. The predicted octanol–water partition coefficient (Wildman–Crippen LogP) is 2.88. The summed E-state index contributed by atoms with van der Waals surface area (Å²) in [7, 11) is 0. The molecule has 3 aromatic rings. The SMILES string of the molecule is CCNC(CC)c1ccc(-n2nnc3ccccc32)cn1. The Bertz CT molecular complexity index is 717. The first-order valence-electron chi connectivity index (χ1n) is 7.33. The van der Waals surface area contributed by atoms with E-state index in [1.807, 2.05) is 41.2 Å². The van der Waals surface area contributed by atoms with Crippen LogP contribution in [0.4, 0.5) is 0 Å². The number of pyridine rings is 1. The van der Waals surface area contributed by atoms with Crippen molar-refractivity contribution in [1.82, 2.24) is 25.3 Å². The Morgan fingerprint density at radius 3 is 2.71 bits per heavy atom. The third-order valence-corrected chi connectivity index (χ3v) is 3.58. The summed E-state index contributed by atoms with van der Waals surface area (Å²) < 4.78 is 1.82. The van der Waals surface area contributed by atoms with E-state index in [-0.39, 0.29) is 0 Å². The fourth-order valence-corrected chi connectivity index (χ4v) is 2.49. The van der Waals surface area contributed by atoms with Crippen LogP contribution in [0.3, 0.4) is 0 Å². The maximum Gasteiger partial charge on any atom is 0.113 e. The van der Waals surface area contributed by atoms with E-state index in [4.69, 9.17) is 0 Å². The van der Waals surface area contributed by atoms with Gasteiger partial charge in [0.25, 0.3) is 0 Å². The van der Waals surface area contributed by atoms with E-state index in [2.05, 4.69) is 40.5 Å². The Morgan fingerprint density at radius 1 is 1.14 bits per heavy atom. The van der Waals surface area contributed by atoms with Crippen LogP contribution in [0.25, 0.3) is 16.7 Å². The molecule has 21 heavy (non-hydrogen) atoms. The van der Waals surface area contributed by atoms with Crippen LogP contribution in [0.2, 0.25) is 0 Å². The van der Waals surface area contributed by atoms with Crippen molar-refractivity contribution < 1.29 is 0 Å². The number of nitrogens with one attached hydrogen (secondary N) is 1. The second kappa shape index (κ2) is 6.01. The zero-order valence-corrected chi connectivity index (χ0v) is 12.3. The van der Waals surface area contributed by atoms with Crippen LogP contribution in [0, 0.1) is 0 Å². The van der Waals surface area contributed by atoms with Crippen LogP contribution in [-0.4, -0.2) is 26.5 Å². The highest BCUT2D eigenvalue weighted by atomic mass is 15.4. The van der Waals surface area contributed by atoms with Gasteiger partial charge in [-0.15, -0.1) is 5.10 Å². The van der Waals surface area contributed by atoms with Gasteiger partial charge in [0, 0.05) is 6.04 Å². The van der Waals surface area contributed by atoms with E-state index < -0.39 is 0 Å². The minimum absolute atomic E-state index is 0.302. The normalized spacial score (nSPS) is 12.7. The molecule has 0 spiro atoms. The molecule has 0 radical (unpaired) electrons. The molecule has 0 saturated heterocycles. The van der Waals surface area contributed by atoms with E-state index in [0.717, 1.165) is 35.4 Å². The molecule has 1 aromatic carbocycles. The third-order valence-electron chi connectivity index (χ3n) is 3.58. The van der Waals surface area contributed by atoms with Gasteiger partial charge in [-0.05, 0) is 37.2 Å². The van der Waals surface area contributed by atoms with Gasteiger partial charge in [0.2, 0.25) is 0 Å². The lowest BCUT2D eigenvalue weighted by molar-refractivity contribution is 0.524. The molecule has 0 amide bonds. The smallest absolute Gasteiger partial charge is 0.113 e. The van der Waals surface area contributed by atoms with Crippen molar-refractivity contribution in [2.75, 3.05) is 6.54 Å². The Morgan fingerprint density at radius 2 is 2.00 bits per heavy atom. The highest BCUT2D eigenvalue weighted by Crippen LogP contribution is 2.18. The standard InChI is InChI=1S/C16H19N5/c1-3-13(17-4-2)14-10-9-12(11-18-14)21-16-8-6-5-7-15(16)19-20-21/h5-11,13,17H,3-4H2,1-2H3. The Labute approximate surface area is 124 Å². The van der Waals surface area contributed by atoms with Crippen LogP contribution in [0.5, 0.6) is 0 Å². The average Bonchev–Trinajstić information content (AvgIpc) is 2.97. The molecule has 1 atom stereocenters. The molecule has 5 heteroatoms. The number of rotatable bonds is 5. The highest BCUT2D eigenvalue weighted by Gasteiger charge is 2.10. The number of hydrogen-bond acceptors (Lipinski definition) is 4. The number of aromatic nitrogens is 4. The molecule has 1 unspecified atom stereocenters. The zero-order valence-electron chi connectivity index (χ0n) is 12.3. The topological polar surface area (TPSA) is 55.6 Å². The van der Waals surface area contributed by atoms with Crippen molar-refractivity contribution in [2.24, 2.45) is 0 Å². The van der Waals surface area contributed by atoms with Crippen molar-refractivity contribution >= 4 is 11.0 Å². The summed E-state index contributed by atoms with van der Waals surface area (Å²) in [6.07, 6.45) is 2.88. The molecule has 0 aliphatic heterocycles. The first-order valence-corrected chi connectivity index (χ1v) is 7.33. The fourth-order valence-electron chi connectivity index (χ4n) is 2.49. The van der Waals surface area contributed by atoms with Crippen LogP contribution < -0.4 is 5.32 Å². The summed E-state index contributed by atoms with van der Waals surface area (Å²) in [6, 6.07) is 12.3. The van der Waals surface area contributed by atoms with Crippen molar-refractivity contribution in [3.05, 3.63) is 48.3 Å². The number of nitrogens with zero attached hydrogens (tertiary/aromatic N) is 4. The van der Waals surface area contributed by atoms with Gasteiger partial charge in [0.15, 0.2) is 0 Å². The van der Waals surface area contributed by atoms with Crippen LogP contribution >= 0.6 is 0 Å². The van der Waals surface area contributed by atoms with Crippen LogP contribution in [0.15, 0.2) is 42.6 Å². The highest BCUT2D eigenvalue weighted by molar-refractivity contribution is 5.75. The number of fused-ring (bicyclic) bond motifs is 1. The van der Waals surface area contributed by atoms with Gasteiger partial charge < -0.3 is 5.32 Å². The number of para-hydroxylation sites is 1. The second-order valence-electron chi connectivity index (χ2n) is 4.95. The molecule has 0 fully saturated rings. The van der Waals surface area contributed by atoms with Gasteiger partial charge in [-0.2, -0.15) is 0 Å². The van der Waals surface area contributed by atoms with Gasteiger partial charge >= 0.3 is 0 Å². The minimum atomic E-state index is 0.302. The van der Waals surface area contributed by atoms with E-state index >= 15 is 0 Å². The average molecular weight is 281 g/mol. The van der Waals surface area contributed by atoms with Crippen molar-refractivity contribution in [3.8, 4) is 5.69 Å². The molecule has 2 heterocycles. The molecule has 0 bridgehead atoms. The van der Waals surface area contributed by atoms with Crippen LogP contribution in [-0.2, 0) is 0 Å². The largest absolute Gasteiger partial charge is 0.309 e. The fraction of sp³-hybridized carbons (Fsp3) is 0.312. The van der Waals surface area contributed by atoms with Crippen molar-refractivity contribution in [3.63, 3.8) is 0 Å². The van der Waals surface area contributed by atoms with Gasteiger partial charge in [-0.3, -0.25) is 4.98 Å². The molecule has 0 saturated carbocycles. The number of benzene rings is 1. The Kier molecular flexibility index (Phi) is 3.92. The van der Waals surface area contributed by atoms with Crippen LogP contribution in [0.1, 0.15) is 32.0 Å². The molecule has 3 rings (SSSR count).